The van der Waals surface area contributed by atoms with Crippen molar-refractivity contribution < 1.29 is 9.59 Å². The summed E-state index contributed by atoms with van der Waals surface area (Å²) in [7, 11) is 1.74. The van der Waals surface area contributed by atoms with E-state index in [0.717, 1.165) is 6.54 Å². The van der Waals surface area contributed by atoms with Gasteiger partial charge in [-0.3, -0.25) is 4.79 Å². The molecule has 68 valence electrons. The topological polar surface area (TPSA) is 66.6 Å². The number of rotatable bonds is 3. The van der Waals surface area contributed by atoms with Crippen molar-refractivity contribution >= 4 is 11.9 Å². The van der Waals surface area contributed by atoms with Crippen LogP contribution in [0.4, 0.5) is 4.79 Å². The van der Waals surface area contributed by atoms with Crippen molar-refractivity contribution in [2.45, 2.75) is 6.42 Å². The highest BCUT2D eigenvalue weighted by molar-refractivity contribution is 5.78. The Hall–Kier alpha value is -1.26. The zero-order chi connectivity index (χ0) is 9.14. The van der Waals surface area contributed by atoms with Crippen molar-refractivity contribution in [3.63, 3.8) is 0 Å². The smallest absolute Gasteiger partial charge is 0.319 e. The number of nitrogens with two attached hydrogens (primary N) is 1. The zero-order valence-corrected chi connectivity index (χ0v) is 7.12. The SMILES string of the molecule is CN1CCN(CCC(N)=O)C1=O. The first-order chi connectivity index (χ1) is 5.61. The Kier molecular flexibility index (Phi) is 2.52. The van der Waals surface area contributed by atoms with Gasteiger partial charge in [-0.15, -0.1) is 0 Å². The van der Waals surface area contributed by atoms with E-state index in [1.54, 1.807) is 16.8 Å². The first kappa shape index (κ1) is 8.83. The molecule has 0 bridgehead atoms. The maximum atomic E-state index is 11.2. The molecule has 5 nitrogen and oxygen atoms in total. The molecule has 1 saturated heterocycles. The number of urea groups is 1. The summed E-state index contributed by atoms with van der Waals surface area (Å²) in [4.78, 5) is 24.9. The van der Waals surface area contributed by atoms with Gasteiger partial charge < -0.3 is 15.5 Å². The molecule has 0 aromatic heterocycles. The van der Waals surface area contributed by atoms with E-state index >= 15 is 0 Å². The van der Waals surface area contributed by atoms with Crippen LogP contribution in [0.5, 0.6) is 0 Å². The minimum atomic E-state index is -0.364. The molecule has 0 aromatic carbocycles. The summed E-state index contributed by atoms with van der Waals surface area (Å²) in [6.07, 6.45) is 0.250. The molecule has 0 radical (unpaired) electrons. The van der Waals surface area contributed by atoms with Crippen LogP contribution in [0.25, 0.3) is 0 Å². The Labute approximate surface area is 71.1 Å². The van der Waals surface area contributed by atoms with Crippen molar-refractivity contribution in [3.8, 4) is 0 Å². The molecule has 1 fully saturated rings. The Morgan fingerprint density at radius 1 is 1.58 bits per heavy atom. The molecule has 1 aliphatic heterocycles. The zero-order valence-electron chi connectivity index (χ0n) is 7.12. The minimum Gasteiger partial charge on any atom is -0.370 e. The molecule has 0 spiro atoms. The Bertz CT molecular complexity index is 205. The van der Waals surface area contributed by atoms with Gasteiger partial charge in [0.1, 0.15) is 0 Å². The molecule has 0 saturated carbocycles. The second kappa shape index (κ2) is 3.42. The number of primary amides is 1. The van der Waals surface area contributed by atoms with Gasteiger partial charge in [0, 0.05) is 33.1 Å². The third-order valence-corrected chi connectivity index (χ3v) is 1.93. The second-order valence-electron chi connectivity index (χ2n) is 2.91. The molecule has 0 unspecified atom stereocenters. The van der Waals surface area contributed by atoms with Crippen LogP contribution in [0.2, 0.25) is 0 Å². The van der Waals surface area contributed by atoms with Crippen LogP contribution >= 0.6 is 0 Å². The standard InChI is InChI=1S/C7H13N3O2/c1-9-4-5-10(7(9)12)3-2-6(8)11/h2-5H2,1H3,(H2,8,11). The fourth-order valence-corrected chi connectivity index (χ4v) is 1.16. The molecular weight excluding hydrogens is 158 g/mol. The van der Waals surface area contributed by atoms with Crippen LogP contribution in [-0.2, 0) is 4.79 Å². The fourth-order valence-electron chi connectivity index (χ4n) is 1.16. The predicted molar refractivity (Wildman–Crippen MR) is 43.4 cm³/mol. The van der Waals surface area contributed by atoms with Crippen LogP contribution < -0.4 is 5.73 Å². The third-order valence-electron chi connectivity index (χ3n) is 1.93. The summed E-state index contributed by atoms with van der Waals surface area (Å²) in [6.45, 7) is 1.87. The number of nitrogens with zero attached hydrogens (tertiary/aromatic N) is 2. The van der Waals surface area contributed by atoms with Gasteiger partial charge in [0.05, 0.1) is 0 Å². The molecule has 5 heteroatoms. The Morgan fingerprint density at radius 3 is 2.67 bits per heavy atom. The lowest BCUT2D eigenvalue weighted by molar-refractivity contribution is -0.118. The van der Waals surface area contributed by atoms with E-state index < -0.39 is 0 Å². The fraction of sp³-hybridized carbons (Fsp3) is 0.714. The van der Waals surface area contributed by atoms with Crippen LogP contribution in [0.1, 0.15) is 6.42 Å². The predicted octanol–water partition coefficient (Wildman–Crippen LogP) is -0.771. The number of amides is 3. The molecule has 2 N–H and O–H groups in total. The highest BCUT2D eigenvalue weighted by atomic mass is 16.2. The van der Waals surface area contributed by atoms with Gasteiger partial charge in [-0.05, 0) is 0 Å². The van der Waals surface area contributed by atoms with Gasteiger partial charge in [-0.2, -0.15) is 0 Å². The highest BCUT2D eigenvalue weighted by Crippen LogP contribution is 2.05. The summed E-state index contributed by atoms with van der Waals surface area (Å²) in [5, 5.41) is 0. The third kappa shape index (κ3) is 1.87. The van der Waals surface area contributed by atoms with Gasteiger partial charge in [-0.1, -0.05) is 0 Å². The lowest BCUT2D eigenvalue weighted by Crippen LogP contribution is -2.32. The van der Waals surface area contributed by atoms with Crippen LogP contribution in [-0.4, -0.2) is 48.4 Å². The summed E-state index contributed by atoms with van der Waals surface area (Å²) in [5.74, 6) is -0.364. The van der Waals surface area contributed by atoms with Gasteiger partial charge >= 0.3 is 6.03 Å². The van der Waals surface area contributed by atoms with Crippen molar-refractivity contribution in [2.24, 2.45) is 5.73 Å². The Morgan fingerprint density at radius 2 is 2.25 bits per heavy atom. The minimum absolute atomic E-state index is 0.0174. The van der Waals surface area contributed by atoms with Crippen molar-refractivity contribution in [1.29, 1.82) is 0 Å². The lowest BCUT2D eigenvalue weighted by atomic mass is 10.4. The van der Waals surface area contributed by atoms with Crippen LogP contribution in [0.3, 0.4) is 0 Å². The van der Waals surface area contributed by atoms with Crippen molar-refractivity contribution in [1.82, 2.24) is 9.80 Å². The van der Waals surface area contributed by atoms with E-state index in [0.29, 0.717) is 13.1 Å². The average Bonchev–Trinajstić information content (AvgIpc) is 2.30. The lowest BCUT2D eigenvalue weighted by Gasteiger charge is -2.14. The van der Waals surface area contributed by atoms with E-state index in [1.807, 2.05) is 0 Å². The first-order valence-electron chi connectivity index (χ1n) is 3.89. The molecule has 0 aliphatic carbocycles. The Balaban J connectivity index is 2.34. The molecule has 0 atom stereocenters. The number of hydrogen-bond donors (Lipinski definition) is 1. The van der Waals surface area contributed by atoms with Gasteiger partial charge in [0.25, 0.3) is 0 Å². The molecular formula is C7H13N3O2. The quantitative estimate of drug-likeness (QED) is 0.606. The molecule has 12 heavy (non-hydrogen) atoms. The maximum Gasteiger partial charge on any atom is 0.319 e. The summed E-state index contributed by atoms with van der Waals surface area (Å²) < 4.78 is 0. The first-order valence-corrected chi connectivity index (χ1v) is 3.89. The van der Waals surface area contributed by atoms with Crippen LogP contribution in [0, 0.1) is 0 Å². The number of carbonyl (C=O) groups excluding carboxylic acids is 2. The highest BCUT2D eigenvalue weighted by Gasteiger charge is 2.24. The number of hydrogen-bond acceptors (Lipinski definition) is 2. The van der Waals surface area contributed by atoms with E-state index in [1.165, 1.54) is 0 Å². The molecule has 0 aromatic rings. The molecule has 1 heterocycles. The monoisotopic (exact) mass is 171 g/mol. The normalized spacial score (nSPS) is 17.2. The van der Waals surface area contributed by atoms with Gasteiger partial charge in [0.2, 0.25) is 5.91 Å². The van der Waals surface area contributed by atoms with Crippen molar-refractivity contribution in [3.05, 3.63) is 0 Å². The second-order valence-corrected chi connectivity index (χ2v) is 2.91. The summed E-state index contributed by atoms with van der Waals surface area (Å²) in [5.41, 5.74) is 4.96. The molecule has 1 aliphatic rings. The van der Waals surface area contributed by atoms with Gasteiger partial charge in [0.15, 0.2) is 0 Å². The van der Waals surface area contributed by atoms with E-state index in [2.05, 4.69) is 0 Å². The maximum absolute atomic E-state index is 11.2. The summed E-state index contributed by atoms with van der Waals surface area (Å²) >= 11 is 0. The van der Waals surface area contributed by atoms with Gasteiger partial charge in [-0.25, -0.2) is 4.79 Å². The van der Waals surface area contributed by atoms with E-state index in [9.17, 15) is 9.59 Å². The number of likely N-dealkylation sites (N-methyl/N-ethyl adjacent to an activating group) is 1. The van der Waals surface area contributed by atoms with E-state index in [4.69, 9.17) is 5.73 Å². The molecule has 3 amide bonds. The summed E-state index contributed by atoms with van der Waals surface area (Å²) in [6, 6.07) is -0.0174. The molecule has 1 rings (SSSR count). The average molecular weight is 171 g/mol. The largest absolute Gasteiger partial charge is 0.370 e. The van der Waals surface area contributed by atoms with Crippen LogP contribution in [0.15, 0.2) is 0 Å². The van der Waals surface area contributed by atoms with E-state index in [-0.39, 0.29) is 18.4 Å². The number of carbonyl (C=O) groups is 2. The van der Waals surface area contributed by atoms with Crippen molar-refractivity contribution in [2.75, 3.05) is 26.7 Å².